The molecule has 1 saturated heterocycles. The SMILES string of the molecule is N=C/C(=C\N)c1ccc(Nc2ncc(C[C@@H]3CCNC3=O)c(N(C=O)C3CCCC3)n2)cc1. The molecule has 33 heavy (non-hydrogen) atoms. The quantitative estimate of drug-likeness (QED) is 0.345. The highest BCUT2D eigenvalue weighted by Crippen LogP contribution is 2.31. The van der Waals surface area contributed by atoms with Gasteiger partial charge in [-0.15, -0.1) is 0 Å². The Bertz CT molecular complexity index is 1050. The number of allylic oxidation sites excluding steroid dienone is 1. The first-order valence-electron chi connectivity index (χ1n) is 11.3. The smallest absolute Gasteiger partial charge is 0.229 e. The standard InChI is InChI=1S/C24H29N7O2/c25-12-19(13-26)16-5-7-20(8-6-16)29-24-28-14-18(11-17-9-10-27-23(17)33)22(30-24)31(15-32)21-3-1-2-4-21/h5-8,12-15,17,21,25H,1-4,9-11,26H2,(H,27,33)(H,28,29,30)/b19-13+,25-12?/t17-/m0/s1. The Hall–Kier alpha value is -3.75. The fourth-order valence-electron chi connectivity index (χ4n) is 4.52. The van der Waals surface area contributed by atoms with E-state index < -0.39 is 0 Å². The normalized spacial score (nSPS) is 18.7. The van der Waals surface area contributed by atoms with Crippen molar-refractivity contribution in [2.75, 3.05) is 16.8 Å². The Labute approximate surface area is 193 Å². The van der Waals surface area contributed by atoms with E-state index in [4.69, 9.17) is 16.1 Å². The minimum Gasteiger partial charge on any atom is -0.404 e. The minimum atomic E-state index is -0.130. The zero-order chi connectivity index (χ0) is 23.2. The van der Waals surface area contributed by atoms with Crippen LogP contribution in [0.3, 0.4) is 0 Å². The summed E-state index contributed by atoms with van der Waals surface area (Å²) in [5.41, 5.74) is 8.59. The van der Waals surface area contributed by atoms with E-state index in [2.05, 4.69) is 15.6 Å². The number of carbonyl (C=O) groups excluding carboxylic acids is 2. The highest BCUT2D eigenvalue weighted by Gasteiger charge is 2.30. The Balaban J connectivity index is 1.61. The number of benzene rings is 1. The van der Waals surface area contributed by atoms with Gasteiger partial charge in [0.15, 0.2) is 0 Å². The lowest BCUT2D eigenvalue weighted by molar-refractivity contribution is -0.122. The largest absolute Gasteiger partial charge is 0.404 e. The van der Waals surface area contributed by atoms with Crippen LogP contribution in [0.25, 0.3) is 5.57 Å². The van der Waals surface area contributed by atoms with E-state index in [-0.39, 0.29) is 17.9 Å². The molecule has 9 nitrogen and oxygen atoms in total. The topological polar surface area (TPSA) is 137 Å². The van der Waals surface area contributed by atoms with Gasteiger partial charge in [-0.05, 0) is 43.4 Å². The van der Waals surface area contributed by atoms with Gasteiger partial charge in [0, 0.05) is 53.9 Å². The lowest BCUT2D eigenvalue weighted by Gasteiger charge is -2.26. The van der Waals surface area contributed by atoms with Crippen molar-refractivity contribution in [3.05, 3.63) is 47.8 Å². The Morgan fingerprint density at radius 2 is 2.00 bits per heavy atom. The number of nitrogens with zero attached hydrogens (tertiary/aromatic N) is 3. The molecular weight excluding hydrogens is 418 g/mol. The highest BCUT2D eigenvalue weighted by molar-refractivity contribution is 6.08. The molecule has 1 atom stereocenters. The number of hydrogen-bond acceptors (Lipinski definition) is 7. The van der Waals surface area contributed by atoms with Crippen molar-refractivity contribution in [1.82, 2.24) is 15.3 Å². The summed E-state index contributed by atoms with van der Waals surface area (Å²) in [7, 11) is 0. The van der Waals surface area contributed by atoms with Crippen molar-refractivity contribution in [3.63, 3.8) is 0 Å². The number of aromatic nitrogens is 2. The molecule has 0 unspecified atom stereocenters. The van der Waals surface area contributed by atoms with Gasteiger partial charge in [-0.1, -0.05) is 25.0 Å². The van der Waals surface area contributed by atoms with Crippen LogP contribution in [-0.2, 0) is 16.0 Å². The summed E-state index contributed by atoms with van der Waals surface area (Å²) >= 11 is 0. The highest BCUT2D eigenvalue weighted by atomic mass is 16.2. The zero-order valence-electron chi connectivity index (χ0n) is 18.5. The Morgan fingerprint density at radius 1 is 1.24 bits per heavy atom. The number of amides is 2. The van der Waals surface area contributed by atoms with Crippen molar-refractivity contribution < 1.29 is 9.59 Å². The monoisotopic (exact) mass is 447 g/mol. The summed E-state index contributed by atoms with van der Waals surface area (Å²) < 4.78 is 0. The van der Waals surface area contributed by atoms with Crippen LogP contribution in [0.15, 0.2) is 36.7 Å². The maximum absolute atomic E-state index is 12.1. The molecule has 172 valence electrons. The molecule has 0 bridgehead atoms. The molecule has 1 saturated carbocycles. The van der Waals surface area contributed by atoms with Crippen molar-refractivity contribution in [3.8, 4) is 0 Å². The summed E-state index contributed by atoms with van der Waals surface area (Å²) in [6.07, 6.45) is 10.5. The second kappa shape index (κ2) is 10.2. The van der Waals surface area contributed by atoms with Crippen LogP contribution >= 0.6 is 0 Å². The minimum absolute atomic E-state index is 0.0394. The average molecular weight is 448 g/mol. The lowest BCUT2D eigenvalue weighted by Crippen LogP contribution is -2.34. The Morgan fingerprint density at radius 3 is 2.61 bits per heavy atom. The molecule has 1 aromatic heterocycles. The van der Waals surface area contributed by atoms with E-state index in [9.17, 15) is 9.59 Å². The van der Waals surface area contributed by atoms with Gasteiger partial charge in [0.2, 0.25) is 18.3 Å². The zero-order valence-corrected chi connectivity index (χ0v) is 18.5. The molecule has 0 spiro atoms. The van der Waals surface area contributed by atoms with Crippen molar-refractivity contribution >= 4 is 41.6 Å². The van der Waals surface area contributed by atoms with Crippen molar-refractivity contribution in [2.45, 2.75) is 44.6 Å². The van der Waals surface area contributed by atoms with Gasteiger partial charge in [0.25, 0.3) is 0 Å². The first-order valence-corrected chi connectivity index (χ1v) is 11.3. The predicted octanol–water partition coefficient (Wildman–Crippen LogP) is 2.75. The van der Waals surface area contributed by atoms with Crippen LogP contribution in [0.4, 0.5) is 17.5 Å². The summed E-state index contributed by atoms with van der Waals surface area (Å²) in [5, 5.41) is 13.5. The van der Waals surface area contributed by atoms with Gasteiger partial charge in [-0.2, -0.15) is 4.98 Å². The van der Waals surface area contributed by atoms with E-state index in [1.54, 1.807) is 11.1 Å². The molecule has 1 aliphatic heterocycles. The van der Waals surface area contributed by atoms with Crippen LogP contribution in [0, 0.1) is 11.3 Å². The number of rotatable bonds is 9. The van der Waals surface area contributed by atoms with Gasteiger partial charge >= 0.3 is 0 Å². The molecule has 1 aliphatic carbocycles. The van der Waals surface area contributed by atoms with Crippen LogP contribution in [0.5, 0.6) is 0 Å². The van der Waals surface area contributed by atoms with Gasteiger partial charge in [-0.3, -0.25) is 14.5 Å². The van der Waals surface area contributed by atoms with E-state index in [0.29, 0.717) is 30.3 Å². The summed E-state index contributed by atoms with van der Waals surface area (Å²) in [6, 6.07) is 7.54. The van der Waals surface area contributed by atoms with Crippen LogP contribution in [0.2, 0.25) is 0 Å². The van der Waals surface area contributed by atoms with E-state index in [0.717, 1.165) is 55.3 Å². The maximum Gasteiger partial charge on any atom is 0.229 e. The first kappa shape index (κ1) is 22.4. The molecule has 2 aliphatic rings. The van der Waals surface area contributed by atoms with Crippen molar-refractivity contribution in [2.24, 2.45) is 11.7 Å². The van der Waals surface area contributed by atoms with Gasteiger partial charge in [-0.25, -0.2) is 4.98 Å². The second-order valence-electron chi connectivity index (χ2n) is 8.44. The summed E-state index contributed by atoms with van der Waals surface area (Å²) in [5.74, 6) is 0.860. The molecule has 0 radical (unpaired) electrons. The number of nitrogens with one attached hydrogen (secondary N) is 3. The molecule has 4 rings (SSSR count). The molecule has 9 heteroatoms. The number of nitrogens with two attached hydrogens (primary N) is 1. The third-order valence-corrected chi connectivity index (χ3v) is 6.36. The third-order valence-electron chi connectivity index (χ3n) is 6.36. The Kier molecular flexibility index (Phi) is 6.97. The van der Waals surface area contributed by atoms with Crippen LogP contribution in [0.1, 0.15) is 43.2 Å². The molecule has 2 heterocycles. The lowest BCUT2D eigenvalue weighted by atomic mass is 9.99. The predicted molar refractivity (Wildman–Crippen MR) is 128 cm³/mol. The van der Waals surface area contributed by atoms with Gasteiger partial charge in [0.05, 0.1) is 0 Å². The number of carbonyl (C=O) groups is 2. The third kappa shape index (κ3) is 5.02. The van der Waals surface area contributed by atoms with E-state index in [1.165, 1.54) is 12.4 Å². The van der Waals surface area contributed by atoms with E-state index >= 15 is 0 Å². The number of hydrogen-bond donors (Lipinski definition) is 4. The first-order chi connectivity index (χ1) is 16.1. The van der Waals surface area contributed by atoms with Crippen LogP contribution in [-0.4, -0.2) is 41.1 Å². The maximum atomic E-state index is 12.1. The van der Waals surface area contributed by atoms with Crippen LogP contribution < -0.4 is 21.3 Å². The molecule has 1 aromatic carbocycles. The van der Waals surface area contributed by atoms with Crippen molar-refractivity contribution in [1.29, 1.82) is 5.41 Å². The van der Waals surface area contributed by atoms with Gasteiger partial charge < -0.3 is 21.8 Å². The fourth-order valence-corrected chi connectivity index (χ4v) is 4.52. The summed E-state index contributed by atoms with van der Waals surface area (Å²) in [6.45, 7) is 0.675. The molecule has 2 amide bonds. The molecule has 2 fully saturated rings. The molecule has 5 N–H and O–H groups in total. The second-order valence-corrected chi connectivity index (χ2v) is 8.44. The summed E-state index contributed by atoms with van der Waals surface area (Å²) in [4.78, 5) is 35.1. The molecular formula is C24H29N7O2. The number of anilines is 3. The fraction of sp³-hybridized carbons (Fsp3) is 0.375. The average Bonchev–Trinajstić information content (AvgIpc) is 3.50. The van der Waals surface area contributed by atoms with E-state index in [1.807, 2.05) is 24.3 Å². The van der Waals surface area contributed by atoms with Gasteiger partial charge in [0.1, 0.15) is 5.82 Å². The molecule has 2 aromatic rings.